The van der Waals surface area contributed by atoms with Crippen molar-refractivity contribution in [1.29, 1.82) is 0 Å². The minimum Gasteiger partial charge on any atom is -0.484 e. The fourth-order valence-electron chi connectivity index (χ4n) is 2.57. The van der Waals surface area contributed by atoms with Gasteiger partial charge >= 0.3 is 0 Å². The van der Waals surface area contributed by atoms with Gasteiger partial charge in [-0.05, 0) is 53.1 Å². The third kappa shape index (κ3) is 3.39. The zero-order chi connectivity index (χ0) is 17.9. The Labute approximate surface area is 148 Å². The third-order valence-electron chi connectivity index (χ3n) is 3.83. The van der Waals surface area contributed by atoms with E-state index in [0.29, 0.717) is 11.6 Å². The molecule has 0 aliphatic heterocycles. The molecule has 4 rings (SSSR count). The molecule has 2 aromatic carbocycles. The number of aryl methyl sites for hydroxylation is 1. The van der Waals surface area contributed by atoms with E-state index in [-0.39, 0.29) is 12.5 Å². The van der Waals surface area contributed by atoms with Crippen LogP contribution in [0.1, 0.15) is 0 Å². The Bertz CT molecular complexity index is 1050. The van der Waals surface area contributed by atoms with Crippen molar-refractivity contribution in [3.05, 3.63) is 54.7 Å². The molecule has 26 heavy (non-hydrogen) atoms. The molecule has 4 aromatic rings. The van der Waals surface area contributed by atoms with Gasteiger partial charge in [-0.3, -0.25) is 4.79 Å². The molecular weight excluding hydrogens is 332 g/mol. The zero-order valence-electron chi connectivity index (χ0n) is 14.0. The van der Waals surface area contributed by atoms with Crippen LogP contribution in [-0.2, 0) is 11.8 Å². The first-order valence-corrected chi connectivity index (χ1v) is 8.01. The maximum Gasteiger partial charge on any atom is 0.262 e. The number of H-pyrrole nitrogens is 1. The number of tetrazole rings is 1. The summed E-state index contributed by atoms with van der Waals surface area (Å²) in [6.45, 7) is -0.0779. The number of anilines is 1. The molecule has 0 saturated heterocycles. The Morgan fingerprint density at radius 1 is 1.19 bits per heavy atom. The third-order valence-corrected chi connectivity index (χ3v) is 3.83. The average molecular weight is 348 g/mol. The van der Waals surface area contributed by atoms with E-state index in [1.807, 2.05) is 42.6 Å². The number of amides is 1. The van der Waals surface area contributed by atoms with Crippen molar-refractivity contribution >= 4 is 22.5 Å². The summed E-state index contributed by atoms with van der Waals surface area (Å²) >= 11 is 0. The monoisotopic (exact) mass is 348 g/mol. The van der Waals surface area contributed by atoms with Crippen molar-refractivity contribution < 1.29 is 9.53 Å². The summed E-state index contributed by atoms with van der Waals surface area (Å²) in [6, 6.07) is 14.8. The molecule has 1 amide bonds. The second-order valence-electron chi connectivity index (χ2n) is 5.74. The lowest BCUT2D eigenvalue weighted by atomic mass is 10.2. The molecule has 0 aliphatic carbocycles. The first kappa shape index (κ1) is 15.8. The van der Waals surface area contributed by atoms with Gasteiger partial charge in [0.25, 0.3) is 5.91 Å². The summed E-state index contributed by atoms with van der Waals surface area (Å²) < 4.78 is 5.53. The molecule has 2 heterocycles. The van der Waals surface area contributed by atoms with Crippen molar-refractivity contribution in [1.82, 2.24) is 25.2 Å². The van der Waals surface area contributed by atoms with Crippen LogP contribution in [0.2, 0.25) is 0 Å². The molecule has 0 fully saturated rings. The largest absolute Gasteiger partial charge is 0.484 e. The van der Waals surface area contributed by atoms with Crippen molar-refractivity contribution in [2.75, 3.05) is 11.9 Å². The fourth-order valence-corrected chi connectivity index (χ4v) is 2.57. The van der Waals surface area contributed by atoms with Crippen molar-refractivity contribution in [2.45, 2.75) is 0 Å². The number of benzene rings is 2. The van der Waals surface area contributed by atoms with Crippen LogP contribution in [0.15, 0.2) is 54.7 Å². The second kappa shape index (κ2) is 6.67. The lowest BCUT2D eigenvalue weighted by molar-refractivity contribution is -0.118. The molecular formula is C18H16N6O2. The van der Waals surface area contributed by atoms with E-state index in [2.05, 4.69) is 25.7 Å². The van der Waals surface area contributed by atoms with Gasteiger partial charge in [-0.2, -0.15) is 4.80 Å². The standard InChI is InChI=1S/C18H16N6O2/c1-24-22-18(21-23-24)13-3-6-15(7-4-13)26-11-17(25)20-14-5-2-12-8-9-19-16(12)10-14/h2-10,19H,11H2,1H3,(H,20,25). The number of carbonyl (C=O) groups excluding carboxylic acids is 1. The van der Waals surface area contributed by atoms with Crippen molar-refractivity contribution in [3.63, 3.8) is 0 Å². The number of hydrogen-bond donors (Lipinski definition) is 2. The van der Waals surface area contributed by atoms with Gasteiger partial charge in [-0.15, -0.1) is 10.2 Å². The zero-order valence-corrected chi connectivity index (χ0v) is 14.0. The second-order valence-corrected chi connectivity index (χ2v) is 5.74. The van der Waals surface area contributed by atoms with Gasteiger partial charge in [0.15, 0.2) is 6.61 Å². The predicted molar refractivity (Wildman–Crippen MR) is 96.7 cm³/mol. The van der Waals surface area contributed by atoms with Gasteiger partial charge in [0.1, 0.15) is 5.75 Å². The highest BCUT2D eigenvalue weighted by molar-refractivity contribution is 5.94. The highest BCUT2D eigenvalue weighted by Crippen LogP contribution is 2.19. The van der Waals surface area contributed by atoms with Crippen LogP contribution in [0.5, 0.6) is 5.75 Å². The maximum absolute atomic E-state index is 12.1. The van der Waals surface area contributed by atoms with Gasteiger partial charge in [0.05, 0.1) is 7.05 Å². The van der Waals surface area contributed by atoms with Gasteiger partial charge in [-0.1, -0.05) is 6.07 Å². The molecule has 0 atom stereocenters. The number of carbonyl (C=O) groups is 1. The van der Waals surface area contributed by atoms with E-state index in [0.717, 1.165) is 22.2 Å². The van der Waals surface area contributed by atoms with E-state index in [1.54, 1.807) is 19.2 Å². The van der Waals surface area contributed by atoms with E-state index in [9.17, 15) is 4.79 Å². The van der Waals surface area contributed by atoms with Crippen LogP contribution in [0.3, 0.4) is 0 Å². The molecule has 0 radical (unpaired) electrons. The SMILES string of the molecule is Cn1nnc(-c2ccc(OCC(=O)Nc3ccc4cc[nH]c4c3)cc2)n1. The average Bonchev–Trinajstić information content (AvgIpc) is 3.29. The van der Waals surface area contributed by atoms with Gasteiger partial charge in [0.2, 0.25) is 5.82 Å². The quantitative estimate of drug-likeness (QED) is 0.577. The molecule has 2 aromatic heterocycles. The van der Waals surface area contributed by atoms with Crippen molar-refractivity contribution in [2.24, 2.45) is 7.05 Å². The Hall–Kier alpha value is -3.68. The van der Waals surface area contributed by atoms with E-state index in [1.165, 1.54) is 4.80 Å². The summed E-state index contributed by atoms with van der Waals surface area (Å²) in [7, 11) is 1.71. The number of fused-ring (bicyclic) bond motifs is 1. The van der Waals surface area contributed by atoms with Gasteiger partial charge in [-0.25, -0.2) is 0 Å². The number of aromatic nitrogens is 5. The molecule has 2 N–H and O–H groups in total. The summed E-state index contributed by atoms with van der Waals surface area (Å²) in [5.41, 5.74) is 2.52. The minimum atomic E-state index is -0.226. The number of hydrogen-bond acceptors (Lipinski definition) is 5. The molecule has 8 heteroatoms. The lowest BCUT2D eigenvalue weighted by Gasteiger charge is -2.08. The number of nitrogens with one attached hydrogen (secondary N) is 2. The van der Waals surface area contributed by atoms with E-state index >= 15 is 0 Å². The fraction of sp³-hybridized carbons (Fsp3) is 0.111. The Kier molecular flexibility index (Phi) is 4.06. The van der Waals surface area contributed by atoms with Crippen LogP contribution in [0.25, 0.3) is 22.3 Å². The summed E-state index contributed by atoms with van der Waals surface area (Å²) in [5.74, 6) is 0.902. The van der Waals surface area contributed by atoms with Crippen LogP contribution in [0, 0.1) is 0 Å². The summed E-state index contributed by atoms with van der Waals surface area (Å²) in [6.07, 6.45) is 1.86. The first-order chi connectivity index (χ1) is 12.7. The predicted octanol–water partition coefficient (Wildman–Crippen LogP) is 2.38. The number of rotatable bonds is 5. The normalized spacial score (nSPS) is 10.8. The Morgan fingerprint density at radius 3 is 2.81 bits per heavy atom. The van der Waals surface area contributed by atoms with Gasteiger partial charge in [0, 0.05) is 23.0 Å². The number of ether oxygens (including phenoxy) is 1. The molecule has 0 saturated carbocycles. The van der Waals surface area contributed by atoms with E-state index < -0.39 is 0 Å². The number of aromatic amines is 1. The van der Waals surface area contributed by atoms with Crippen LogP contribution < -0.4 is 10.1 Å². The summed E-state index contributed by atoms with van der Waals surface area (Å²) in [4.78, 5) is 16.6. The highest BCUT2D eigenvalue weighted by Gasteiger charge is 2.07. The lowest BCUT2D eigenvalue weighted by Crippen LogP contribution is -2.20. The van der Waals surface area contributed by atoms with Crippen molar-refractivity contribution in [3.8, 4) is 17.1 Å². The first-order valence-electron chi connectivity index (χ1n) is 8.01. The van der Waals surface area contributed by atoms with Crippen LogP contribution in [-0.4, -0.2) is 37.7 Å². The van der Waals surface area contributed by atoms with Gasteiger partial charge < -0.3 is 15.0 Å². The van der Waals surface area contributed by atoms with Crippen LogP contribution in [0.4, 0.5) is 5.69 Å². The molecule has 0 spiro atoms. The molecule has 8 nitrogen and oxygen atoms in total. The Morgan fingerprint density at radius 2 is 2.04 bits per heavy atom. The Balaban J connectivity index is 1.35. The summed E-state index contributed by atoms with van der Waals surface area (Å²) in [5, 5.41) is 15.8. The van der Waals surface area contributed by atoms with Crippen LogP contribution >= 0.6 is 0 Å². The topological polar surface area (TPSA) is 97.7 Å². The highest BCUT2D eigenvalue weighted by atomic mass is 16.5. The maximum atomic E-state index is 12.1. The number of nitrogens with zero attached hydrogens (tertiary/aromatic N) is 4. The molecule has 0 unspecified atom stereocenters. The minimum absolute atomic E-state index is 0.0779. The molecule has 0 aliphatic rings. The smallest absolute Gasteiger partial charge is 0.262 e. The molecule has 130 valence electrons. The van der Waals surface area contributed by atoms with E-state index in [4.69, 9.17) is 4.74 Å². The molecule has 0 bridgehead atoms.